The Morgan fingerprint density at radius 3 is 2.49 bits per heavy atom. The van der Waals surface area contributed by atoms with E-state index in [4.69, 9.17) is 9.15 Å². The number of imide groups is 1. The number of ether oxygens (including phenoxy) is 1. The van der Waals surface area contributed by atoms with E-state index in [1.54, 1.807) is 6.92 Å². The van der Waals surface area contributed by atoms with Gasteiger partial charge in [0.05, 0.1) is 12.2 Å². The van der Waals surface area contributed by atoms with Crippen molar-refractivity contribution < 1.29 is 31.9 Å². The molecule has 1 saturated heterocycles. The number of nitrogens with zero attached hydrogens (tertiary/aromatic N) is 1. The number of fused-ring (bicyclic) bond motifs is 1. The van der Waals surface area contributed by atoms with E-state index < -0.39 is 28.9 Å². The van der Waals surface area contributed by atoms with Gasteiger partial charge in [0, 0.05) is 28.4 Å². The van der Waals surface area contributed by atoms with Crippen molar-refractivity contribution in [3.8, 4) is 5.75 Å². The molecule has 0 spiro atoms. The van der Waals surface area contributed by atoms with Crippen LogP contribution in [0.1, 0.15) is 68.0 Å². The zero-order chi connectivity index (χ0) is 28.4. The third-order valence-corrected chi connectivity index (χ3v) is 7.89. The normalized spacial score (nSPS) is 17.7. The summed E-state index contributed by atoms with van der Waals surface area (Å²) in [5.41, 5.74) is -2.20. The molecule has 0 saturated carbocycles. The summed E-state index contributed by atoms with van der Waals surface area (Å²) in [7, 11) is 0. The summed E-state index contributed by atoms with van der Waals surface area (Å²) in [6.45, 7) is 5.92. The second-order valence-electron chi connectivity index (χ2n) is 9.74. The van der Waals surface area contributed by atoms with Gasteiger partial charge >= 0.3 is 17.8 Å². The number of aryl methyl sites for hydroxylation is 2. The second-order valence-corrected chi connectivity index (χ2v) is 10.7. The first-order chi connectivity index (χ1) is 18.5. The lowest BCUT2D eigenvalue weighted by atomic mass is 9.96. The molecule has 0 radical (unpaired) electrons. The molecule has 210 valence electrons. The monoisotopic (exact) mass is 564 g/mol. The molecule has 2 aromatic heterocycles. The number of unbranched alkanes of at least 4 members (excludes halogenated alkanes) is 1. The van der Waals surface area contributed by atoms with Crippen molar-refractivity contribution in [2.45, 2.75) is 71.0 Å². The number of hydrogen-bond donors (Lipinski definition) is 1. The van der Waals surface area contributed by atoms with Crippen LogP contribution < -0.4 is 15.7 Å². The Hall–Kier alpha value is -3.34. The first-order valence-corrected chi connectivity index (χ1v) is 13.9. The van der Waals surface area contributed by atoms with Crippen LogP contribution in [-0.4, -0.2) is 30.0 Å². The van der Waals surface area contributed by atoms with Gasteiger partial charge in [-0.1, -0.05) is 32.8 Å². The zero-order valence-electron chi connectivity index (χ0n) is 22.1. The molecule has 3 amide bonds. The highest BCUT2D eigenvalue weighted by Crippen LogP contribution is 2.40. The Labute approximate surface area is 227 Å². The third-order valence-electron chi connectivity index (χ3n) is 6.79. The van der Waals surface area contributed by atoms with Gasteiger partial charge in [0.15, 0.2) is 5.54 Å². The van der Waals surface area contributed by atoms with Crippen LogP contribution in [0, 0.1) is 0 Å². The Bertz CT molecular complexity index is 1420. The highest BCUT2D eigenvalue weighted by atomic mass is 32.1. The topological polar surface area (TPSA) is 88.8 Å². The molecule has 3 aromatic rings. The van der Waals surface area contributed by atoms with Gasteiger partial charge in [-0.15, -0.1) is 11.3 Å². The summed E-state index contributed by atoms with van der Waals surface area (Å²) >= 11 is 1.40. The lowest BCUT2D eigenvalue weighted by Gasteiger charge is -2.20. The van der Waals surface area contributed by atoms with Gasteiger partial charge in [-0.05, 0) is 55.7 Å². The summed E-state index contributed by atoms with van der Waals surface area (Å²) in [5.74, 6) is 0.130. The van der Waals surface area contributed by atoms with Crippen molar-refractivity contribution in [1.82, 2.24) is 10.2 Å². The number of alkyl halides is 3. The van der Waals surface area contributed by atoms with Crippen LogP contribution in [0.2, 0.25) is 0 Å². The molecular formula is C28H31F3N2O5S. The highest BCUT2D eigenvalue weighted by Gasteiger charge is 2.49. The smallest absolute Gasteiger partial charge is 0.417 e. The minimum Gasteiger partial charge on any atom is -0.493 e. The fraction of sp³-hybridized carbons (Fsp3) is 0.464. The fourth-order valence-electron chi connectivity index (χ4n) is 4.93. The number of urea groups is 1. The SMILES string of the molecule is CCCc1cc2c(C(F)(F)F)cc(=O)oc2c(CCC)c1OCCCCN1C(=O)NC(C)(c2cccs2)C1=O. The Balaban J connectivity index is 1.52. The molecule has 1 fully saturated rings. The number of rotatable bonds is 11. The van der Waals surface area contributed by atoms with Crippen LogP contribution in [0.25, 0.3) is 11.0 Å². The first kappa shape index (κ1) is 28.7. The lowest BCUT2D eigenvalue weighted by molar-refractivity contribution is -0.136. The van der Waals surface area contributed by atoms with Crippen LogP contribution in [0.3, 0.4) is 0 Å². The molecule has 4 rings (SSSR count). The number of amides is 3. The average Bonchev–Trinajstić information content (AvgIpc) is 3.49. The molecule has 1 aromatic carbocycles. The number of benzene rings is 1. The van der Waals surface area contributed by atoms with Crippen molar-refractivity contribution in [2.24, 2.45) is 0 Å². The van der Waals surface area contributed by atoms with E-state index in [0.29, 0.717) is 61.5 Å². The number of halogens is 3. The lowest BCUT2D eigenvalue weighted by Crippen LogP contribution is -2.40. The maximum absolute atomic E-state index is 13.8. The molecule has 1 aliphatic heterocycles. The highest BCUT2D eigenvalue weighted by molar-refractivity contribution is 7.10. The molecule has 1 aliphatic rings. The predicted octanol–water partition coefficient (Wildman–Crippen LogP) is 6.40. The Morgan fingerprint density at radius 2 is 1.85 bits per heavy atom. The van der Waals surface area contributed by atoms with E-state index in [1.165, 1.54) is 22.3 Å². The van der Waals surface area contributed by atoms with Gasteiger partial charge in [-0.3, -0.25) is 9.69 Å². The van der Waals surface area contributed by atoms with Crippen molar-refractivity contribution in [2.75, 3.05) is 13.2 Å². The van der Waals surface area contributed by atoms with Gasteiger partial charge in [-0.25, -0.2) is 9.59 Å². The maximum atomic E-state index is 13.8. The van der Waals surface area contributed by atoms with E-state index >= 15 is 0 Å². The number of hydrogen-bond acceptors (Lipinski definition) is 6. The molecule has 1 atom stereocenters. The Morgan fingerprint density at radius 1 is 1.10 bits per heavy atom. The van der Waals surface area contributed by atoms with E-state index in [0.717, 1.165) is 4.88 Å². The molecule has 0 aliphatic carbocycles. The standard InChI is InChI=1S/C28H31F3N2O5S/c1-4-9-17-15-19-20(28(29,30)31)16-22(34)38-24(19)18(10-5-2)23(17)37-13-7-6-12-33-25(35)27(3,32-26(33)36)21-11-8-14-39-21/h8,11,14-16H,4-7,9-10,12-13H2,1-3H3,(H,32,36). The van der Waals surface area contributed by atoms with Gasteiger partial charge in [0.2, 0.25) is 0 Å². The average molecular weight is 565 g/mol. The van der Waals surface area contributed by atoms with Crippen molar-refractivity contribution in [1.29, 1.82) is 0 Å². The summed E-state index contributed by atoms with van der Waals surface area (Å²) < 4.78 is 52.7. The van der Waals surface area contributed by atoms with E-state index in [2.05, 4.69) is 5.32 Å². The Kier molecular flexibility index (Phi) is 8.39. The van der Waals surface area contributed by atoms with Crippen LogP contribution in [0.4, 0.5) is 18.0 Å². The molecule has 39 heavy (non-hydrogen) atoms. The maximum Gasteiger partial charge on any atom is 0.417 e. The van der Waals surface area contributed by atoms with Gasteiger partial charge in [0.1, 0.15) is 11.3 Å². The van der Waals surface area contributed by atoms with Crippen LogP contribution in [0.15, 0.2) is 38.9 Å². The van der Waals surface area contributed by atoms with Crippen molar-refractivity contribution in [3.05, 3.63) is 61.6 Å². The number of carbonyl (C=O) groups excluding carboxylic acids is 2. The van der Waals surface area contributed by atoms with E-state index in [-0.39, 0.29) is 30.0 Å². The number of thiophene rings is 1. The minimum absolute atomic E-state index is 0.0984. The van der Waals surface area contributed by atoms with Crippen LogP contribution in [-0.2, 0) is 29.4 Å². The quantitative estimate of drug-likeness (QED) is 0.165. The van der Waals surface area contributed by atoms with Gasteiger partial charge in [-0.2, -0.15) is 13.2 Å². The van der Waals surface area contributed by atoms with Gasteiger partial charge in [0.25, 0.3) is 5.91 Å². The summed E-state index contributed by atoms with van der Waals surface area (Å²) in [6.07, 6.45) is -1.58. The minimum atomic E-state index is -4.71. The van der Waals surface area contributed by atoms with Crippen LogP contribution in [0.5, 0.6) is 5.75 Å². The molecule has 1 N–H and O–H groups in total. The molecule has 0 bridgehead atoms. The zero-order valence-corrected chi connectivity index (χ0v) is 22.9. The number of carbonyl (C=O) groups is 2. The summed E-state index contributed by atoms with van der Waals surface area (Å²) in [5, 5.41) is 4.48. The summed E-state index contributed by atoms with van der Waals surface area (Å²) in [6, 6.07) is 5.10. The molecule has 7 nitrogen and oxygen atoms in total. The second kappa shape index (κ2) is 11.4. The first-order valence-electron chi connectivity index (χ1n) is 13.0. The summed E-state index contributed by atoms with van der Waals surface area (Å²) in [4.78, 5) is 39.5. The third kappa shape index (κ3) is 5.68. The van der Waals surface area contributed by atoms with E-state index in [1.807, 2.05) is 31.4 Å². The van der Waals surface area contributed by atoms with Crippen molar-refractivity contribution >= 4 is 34.2 Å². The van der Waals surface area contributed by atoms with E-state index in [9.17, 15) is 27.6 Å². The molecule has 1 unspecified atom stereocenters. The molecule has 11 heteroatoms. The number of nitrogens with one attached hydrogen (secondary N) is 1. The molecular weight excluding hydrogens is 533 g/mol. The fourth-order valence-corrected chi connectivity index (χ4v) is 5.76. The predicted molar refractivity (Wildman–Crippen MR) is 142 cm³/mol. The van der Waals surface area contributed by atoms with Crippen LogP contribution >= 0.6 is 11.3 Å². The molecule has 3 heterocycles. The van der Waals surface area contributed by atoms with Gasteiger partial charge < -0.3 is 14.5 Å². The van der Waals surface area contributed by atoms with Crippen molar-refractivity contribution in [3.63, 3.8) is 0 Å². The largest absolute Gasteiger partial charge is 0.493 e.